The lowest BCUT2D eigenvalue weighted by molar-refractivity contribution is -0.148. The van der Waals surface area contributed by atoms with Crippen molar-refractivity contribution in [3.63, 3.8) is 0 Å². The molecule has 1 atom stereocenters. The fourth-order valence-electron chi connectivity index (χ4n) is 4.05. The maximum atomic E-state index is 12.8. The molecule has 3 rings (SSSR count). The predicted molar refractivity (Wildman–Crippen MR) is 93.4 cm³/mol. The SMILES string of the molecule is CS(=O)Cc1cc(NC(=O)C23CCC(C(=O)O)(CC2)C3)ccc1Cl. The summed E-state index contributed by atoms with van der Waals surface area (Å²) in [6.45, 7) is 0. The standard InChI is InChI=1S/C17H20ClNO4S/c1-24(23)9-11-8-12(2-3-13(11)18)19-14(20)16-4-6-17(10-16,7-5-16)15(21)22/h2-3,8H,4-7,9-10H2,1H3,(H,19,20)(H,21,22). The summed E-state index contributed by atoms with van der Waals surface area (Å²) in [5.74, 6) is -0.571. The highest BCUT2D eigenvalue weighted by Gasteiger charge is 2.61. The Balaban J connectivity index is 1.77. The van der Waals surface area contributed by atoms with Crippen molar-refractivity contribution in [2.24, 2.45) is 10.8 Å². The van der Waals surface area contributed by atoms with Crippen LogP contribution in [0.5, 0.6) is 0 Å². The molecular weight excluding hydrogens is 350 g/mol. The zero-order chi connectivity index (χ0) is 17.5. The summed E-state index contributed by atoms with van der Waals surface area (Å²) in [7, 11) is -1.03. The van der Waals surface area contributed by atoms with E-state index in [9.17, 15) is 18.9 Å². The van der Waals surface area contributed by atoms with Gasteiger partial charge >= 0.3 is 5.97 Å². The maximum absolute atomic E-state index is 12.8. The summed E-state index contributed by atoms with van der Waals surface area (Å²) < 4.78 is 11.4. The number of hydrogen-bond donors (Lipinski definition) is 2. The molecule has 24 heavy (non-hydrogen) atoms. The third kappa shape index (κ3) is 2.97. The zero-order valence-electron chi connectivity index (χ0n) is 13.4. The van der Waals surface area contributed by atoms with Crippen LogP contribution in [0.15, 0.2) is 18.2 Å². The maximum Gasteiger partial charge on any atom is 0.309 e. The Labute approximate surface area is 148 Å². The van der Waals surface area contributed by atoms with Gasteiger partial charge in [-0.2, -0.15) is 0 Å². The van der Waals surface area contributed by atoms with Crippen LogP contribution in [0.1, 0.15) is 37.7 Å². The Morgan fingerprint density at radius 2 is 1.88 bits per heavy atom. The molecule has 1 unspecified atom stereocenters. The lowest BCUT2D eigenvalue weighted by atomic mass is 9.81. The van der Waals surface area contributed by atoms with E-state index in [4.69, 9.17) is 11.6 Å². The Kier molecular flexibility index (Phi) is 4.47. The fraction of sp³-hybridized carbons (Fsp3) is 0.529. The molecule has 130 valence electrons. The third-order valence-corrected chi connectivity index (χ3v) is 6.52. The number of nitrogens with one attached hydrogen (secondary N) is 1. The van der Waals surface area contributed by atoms with Crippen molar-refractivity contribution in [1.82, 2.24) is 0 Å². The van der Waals surface area contributed by atoms with Crippen molar-refractivity contribution in [2.45, 2.75) is 37.9 Å². The van der Waals surface area contributed by atoms with E-state index >= 15 is 0 Å². The van der Waals surface area contributed by atoms with Gasteiger partial charge in [0, 0.05) is 33.5 Å². The molecule has 0 aliphatic heterocycles. The minimum Gasteiger partial charge on any atom is -0.481 e. The van der Waals surface area contributed by atoms with Crippen LogP contribution in [0.25, 0.3) is 0 Å². The minimum absolute atomic E-state index is 0.117. The zero-order valence-corrected chi connectivity index (χ0v) is 15.0. The molecule has 0 heterocycles. The second-order valence-electron chi connectivity index (χ2n) is 7.02. The summed E-state index contributed by atoms with van der Waals surface area (Å²) in [6, 6.07) is 5.14. The number of benzene rings is 1. The first-order valence-electron chi connectivity index (χ1n) is 7.90. The van der Waals surface area contributed by atoms with E-state index in [-0.39, 0.29) is 5.91 Å². The van der Waals surface area contributed by atoms with Crippen LogP contribution >= 0.6 is 11.6 Å². The van der Waals surface area contributed by atoms with E-state index in [0.717, 1.165) is 5.56 Å². The molecule has 1 aromatic rings. The molecule has 2 aliphatic carbocycles. The first-order valence-corrected chi connectivity index (χ1v) is 10.0. The molecule has 2 aliphatic rings. The number of rotatable bonds is 5. The van der Waals surface area contributed by atoms with E-state index in [1.807, 2.05) is 0 Å². The highest BCUT2D eigenvalue weighted by molar-refractivity contribution is 7.83. The predicted octanol–water partition coefficient (Wildman–Crippen LogP) is 3.19. The molecule has 2 N–H and O–H groups in total. The van der Waals surface area contributed by atoms with Crippen LogP contribution in [0, 0.1) is 10.8 Å². The van der Waals surface area contributed by atoms with Crippen molar-refractivity contribution in [1.29, 1.82) is 0 Å². The monoisotopic (exact) mass is 369 g/mol. The number of carboxylic acids is 1. The Morgan fingerprint density at radius 3 is 2.42 bits per heavy atom. The summed E-state index contributed by atoms with van der Waals surface area (Å²) >= 11 is 6.11. The first-order chi connectivity index (χ1) is 11.3. The minimum atomic E-state index is -1.03. The smallest absolute Gasteiger partial charge is 0.309 e. The van der Waals surface area contributed by atoms with Crippen LogP contribution < -0.4 is 5.32 Å². The van der Waals surface area contributed by atoms with Crippen molar-refractivity contribution >= 4 is 40.0 Å². The molecule has 2 saturated carbocycles. The highest BCUT2D eigenvalue weighted by Crippen LogP contribution is 2.62. The van der Waals surface area contributed by atoms with E-state index in [0.29, 0.717) is 48.6 Å². The molecular formula is C17H20ClNO4S. The number of carboxylic acid groups (broad SMARTS) is 1. The van der Waals surface area contributed by atoms with Crippen molar-refractivity contribution in [3.05, 3.63) is 28.8 Å². The topological polar surface area (TPSA) is 83.5 Å². The van der Waals surface area contributed by atoms with Crippen LogP contribution in [-0.2, 0) is 26.1 Å². The molecule has 1 amide bonds. The molecule has 5 nitrogen and oxygen atoms in total. The van der Waals surface area contributed by atoms with Gasteiger partial charge in [-0.3, -0.25) is 13.8 Å². The summed E-state index contributed by atoms with van der Waals surface area (Å²) in [5, 5.41) is 12.9. The number of fused-ring (bicyclic) bond motifs is 2. The molecule has 2 bridgehead atoms. The lowest BCUT2D eigenvalue weighted by Gasteiger charge is -2.25. The van der Waals surface area contributed by atoms with Gasteiger partial charge in [-0.15, -0.1) is 0 Å². The van der Waals surface area contributed by atoms with Crippen molar-refractivity contribution in [2.75, 3.05) is 11.6 Å². The lowest BCUT2D eigenvalue weighted by Crippen LogP contribution is -2.32. The Bertz CT molecular complexity index is 725. The molecule has 2 fully saturated rings. The van der Waals surface area contributed by atoms with Gasteiger partial charge in [-0.1, -0.05) is 11.6 Å². The number of amides is 1. The highest BCUT2D eigenvalue weighted by atomic mass is 35.5. The number of anilines is 1. The van der Waals surface area contributed by atoms with Gasteiger partial charge in [0.1, 0.15) is 0 Å². The summed E-state index contributed by atoms with van der Waals surface area (Å²) in [6.07, 6.45) is 4.38. The molecule has 7 heteroatoms. The van der Waals surface area contributed by atoms with E-state index < -0.39 is 27.6 Å². The molecule has 0 spiro atoms. The number of aliphatic carboxylic acids is 1. The average Bonchev–Trinajstić information content (AvgIpc) is 3.09. The van der Waals surface area contributed by atoms with Crippen molar-refractivity contribution in [3.8, 4) is 0 Å². The van der Waals surface area contributed by atoms with Gasteiger partial charge in [0.05, 0.1) is 10.8 Å². The molecule has 0 saturated heterocycles. The second kappa shape index (κ2) is 6.15. The number of halogens is 1. The summed E-state index contributed by atoms with van der Waals surface area (Å²) in [4.78, 5) is 24.3. The first kappa shape index (κ1) is 17.4. The van der Waals surface area contributed by atoms with E-state index in [2.05, 4.69) is 5.32 Å². The van der Waals surface area contributed by atoms with Crippen molar-refractivity contribution < 1.29 is 18.9 Å². The Morgan fingerprint density at radius 1 is 1.25 bits per heavy atom. The fourth-order valence-corrected chi connectivity index (χ4v) is 4.99. The van der Waals surface area contributed by atoms with Crippen LogP contribution in [0.4, 0.5) is 5.69 Å². The summed E-state index contributed by atoms with van der Waals surface area (Å²) in [5.41, 5.74) is 0.0392. The van der Waals surface area contributed by atoms with Crippen LogP contribution in [0.2, 0.25) is 5.02 Å². The second-order valence-corrected chi connectivity index (χ2v) is 8.86. The normalized spacial score (nSPS) is 29.4. The van der Waals surface area contributed by atoms with E-state index in [1.54, 1.807) is 24.5 Å². The van der Waals surface area contributed by atoms with Gasteiger partial charge in [0.2, 0.25) is 5.91 Å². The number of carbonyl (C=O) groups is 2. The average molecular weight is 370 g/mol. The molecule has 0 radical (unpaired) electrons. The van der Waals surface area contributed by atoms with Gasteiger partial charge in [-0.05, 0) is 55.9 Å². The third-order valence-electron chi connectivity index (χ3n) is 5.44. The van der Waals surface area contributed by atoms with Gasteiger partial charge < -0.3 is 10.4 Å². The molecule has 1 aromatic carbocycles. The Hall–Kier alpha value is -1.40. The van der Waals surface area contributed by atoms with Gasteiger partial charge in [-0.25, -0.2) is 0 Å². The number of hydrogen-bond acceptors (Lipinski definition) is 3. The van der Waals surface area contributed by atoms with Gasteiger partial charge in [0.15, 0.2) is 0 Å². The van der Waals surface area contributed by atoms with Crippen LogP contribution in [0.3, 0.4) is 0 Å². The largest absolute Gasteiger partial charge is 0.481 e. The molecule has 0 aromatic heterocycles. The number of carbonyl (C=O) groups excluding carboxylic acids is 1. The quantitative estimate of drug-likeness (QED) is 0.834. The van der Waals surface area contributed by atoms with E-state index in [1.165, 1.54) is 0 Å². The van der Waals surface area contributed by atoms with Crippen LogP contribution in [-0.4, -0.2) is 27.4 Å². The van der Waals surface area contributed by atoms with Gasteiger partial charge in [0.25, 0.3) is 0 Å².